The molecule has 0 bridgehead atoms. The van der Waals surface area contributed by atoms with Gasteiger partial charge in [0.2, 0.25) is 5.91 Å². The van der Waals surface area contributed by atoms with Gasteiger partial charge in [-0.2, -0.15) is 0 Å². The van der Waals surface area contributed by atoms with E-state index in [4.69, 9.17) is 9.47 Å². The fourth-order valence-corrected chi connectivity index (χ4v) is 3.59. The molecule has 1 aliphatic rings. The van der Waals surface area contributed by atoms with E-state index in [0.29, 0.717) is 6.42 Å². The van der Waals surface area contributed by atoms with Gasteiger partial charge in [-0.15, -0.1) is 0 Å². The standard InChI is InChI=1S/C21H19NO3/c1-24-14-8-10-16(19(11-14)25-2)18-12-20(23)22-21-15-6-4-3-5-13(15)7-9-17(18)21/h3-11,18H,12H2,1-2H3,(H,22,23)/t18-/m0/s1. The summed E-state index contributed by atoms with van der Waals surface area (Å²) >= 11 is 0. The summed E-state index contributed by atoms with van der Waals surface area (Å²) in [7, 11) is 3.27. The maximum absolute atomic E-state index is 12.4. The van der Waals surface area contributed by atoms with E-state index in [-0.39, 0.29) is 11.8 Å². The molecule has 1 N–H and O–H groups in total. The zero-order chi connectivity index (χ0) is 17.4. The lowest BCUT2D eigenvalue weighted by atomic mass is 9.83. The second kappa shape index (κ2) is 6.13. The lowest BCUT2D eigenvalue weighted by Crippen LogP contribution is -2.24. The molecule has 0 radical (unpaired) electrons. The lowest BCUT2D eigenvalue weighted by Gasteiger charge is -2.28. The van der Waals surface area contributed by atoms with Crippen molar-refractivity contribution >= 4 is 22.4 Å². The number of fused-ring (bicyclic) bond motifs is 3. The number of methoxy groups -OCH3 is 2. The highest BCUT2D eigenvalue weighted by Gasteiger charge is 2.29. The van der Waals surface area contributed by atoms with Crippen molar-refractivity contribution in [3.8, 4) is 11.5 Å². The zero-order valence-electron chi connectivity index (χ0n) is 14.2. The Morgan fingerprint density at radius 1 is 0.960 bits per heavy atom. The zero-order valence-corrected chi connectivity index (χ0v) is 14.2. The van der Waals surface area contributed by atoms with Crippen LogP contribution in [0, 0.1) is 0 Å². The van der Waals surface area contributed by atoms with Crippen LogP contribution in [0.4, 0.5) is 5.69 Å². The van der Waals surface area contributed by atoms with E-state index in [1.165, 1.54) is 0 Å². The molecular weight excluding hydrogens is 314 g/mol. The smallest absolute Gasteiger partial charge is 0.225 e. The molecule has 126 valence electrons. The van der Waals surface area contributed by atoms with Crippen molar-refractivity contribution in [3.05, 3.63) is 65.7 Å². The fourth-order valence-electron chi connectivity index (χ4n) is 3.59. The first-order chi connectivity index (χ1) is 12.2. The molecule has 4 heteroatoms. The molecule has 1 amide bonds. The molecule has 0 unspecified atom stereocenters. The topological polar surface area (TPSA) is 47.6 Å². The molecule has 1 atom stereocenters. The van der Waals surface area contributed by atoms with Gasteiger partial charge < -0.3 is 14.8 Å². The fraction of sp³-hybridized carbons (Fsp3) is 0.190. The summed E-state index contributed by atoms with van der Waals surface area (Å²) in [6, 6.07) is 18.1. The van der Waals surface area contributed by atoms with Crippen molar-refractivity contribution in [2.24, 2.45) is 0 Å². The average Bonchev–Trinajstić information content (AvgIpc) is 2.66. The predicted octanol–water partition coefficient (Wildman–Crippen LogP) is 4.33. The Morgan fingerprint density at radius 2 is 1.76 bits per heavy atom. The maximum Gasteiger partial charge on any atom is 0.225 e. The minimum Gasteiger partial charge on any atom is -0.497 e. The molecule has 0 spiro atoms. The molecule has 0 aliphatic carbocycles. The molecule has 0 saturated heterocycles. The molecule has 3 aromatic carbocycles. The first-order valence-corrected chi connectivity index (χ1v) is 8.24. The largest absolute Gasteiger partial charge is 0.497 e. The second-order valence-electron chi connectivity index (χ2n) is 6.16. The van der Waals surface area contributed by atoms with Gasteiger partial charge in [0, 0.05) is 29.4 Å². The summed E-state index contributed by atoms with van der Waals surface area (Å²) in [5.41, 5.74) is 3.01. The Hall–Kier alpha value is -3.01. The van der Waals surface area contributed by atoms with Gasteiger partial charge in [-0.3, -0.25) is 4.79 Å². The van der Waals surface area contributed by atoms with Gasteiger partial charge >= 0.3 is 0 Å². The number of hydrogen-bond acceptors (Lipinski definition) is 3. The van der Waals surface area contributed by atoms with Gasteiger partial charge in [0.15, 0.2) is 0 Å². The summed E-state index contributed by atoms with van der Waals surface area (Å²) in [6.07, 6.45) is 0.397. The molecule has 0 fully saturated rings. The number of hydrogen-bond donors (Lipinski definition) is 1. The van der Waals surface area contributed by atoms with Crippen LogP contribution in [0.3, 0.4) is 0 Å². The van der Waals surface area contributed by atoms with Gasteiger partial charge in [-0.1, -0.05) is 42.5 Å². The van der Waals surface area contributed by atoms with Crippen LogP contribution in [0.15, 0.2) is 54.6 Å². The summed E-state index contributed by atoms with van der Waals surface area (Å²) in [6.45, 7) is 0. The Bertz CT molecular complexity index is 965. The van der Waals surface area contributed by atoms with E-state index in [9.17, 15) is 4.79 Å². The van der Waals surface area contributed by atoms with E-state index in [1.54, 1.807) is 14.2 Å². The quantitative estimate of drug-likeness (QED) is 0.776. The van der Waals surface area contributed by atoms with Gasteiger partial charge in [-0.25, -0.2) is 0 Å². The van der Waals surface area contributed by atoms with Gasteiger partial charge in [0.1, 0.15) is 11.5 Å². The van der Waals surface area contributed by atoms with Crippen molar-refractivity contribution < 1.29 is 14.3 Å². The number of ether oxygens (including phenoxy) is 2. The Labute approximate surface area is 146 Å². The molecule has 4 rings (SSSR count). The van der Waals surface area contributed by atoms with Crippen LogP contribution < -0.4 is 14.8 Å². The van der Waals surface area contributed by atoms with Crippen LogP contribution in [0.1, 0.15) is 23.5 Å². The van der Waals surface area contributed by atoms with Crippen LogP contribution in [-0.4, -0.2) is 20.1 Å². The molecular formula is C21H19NO3. The Balaban J connectivity index is 1.91. The summed E-state index contributed by atoms with van der Waals surface area (Å²) in [4.78, 5) is 12.4. The highest BCUT2D eigenvalue weighted by Crippen LogP contribution is 2.44. The molecule has 25 heavy (non-hydrogen) atoms. The van der Waals surface area contributed by atoms with Crippen molar-refractivity contribution in [2.75, 3.05) is 19.5 Å². The van der Waals surface area contributed by atoms with Crippen molar-refractivity contribution in [1.29, 1.82) is 0 Å². The van der Waals surface area contributed by atoms with Crippen LogP contribution in [0.5, 0.6) is 11.5 Å². The number of rotatable bonds is 3. The maximum atomic E-state index is 12.4. The van der Waals surface area contributed by atoms with E-state index in [0.717, 1.165) is 39.1 Å². The van der Waals surface area contributed by atoms with E-state index < -0.39 is 0 Å². The van der Waals surface area contributed by atoms with Crippen molar-refractivity contribution in [2.45, 2.75) is 12.3 Å². The minimum absolute atomic E-state index is 0.0201. The molecule has 0 saturated carbocycles. The third kappa shape index (κ3) is 2.60. The van der Waals surface area contributed by atoms with E-state index in [2.05, 4.69) is 23.5 Å². The number of anilines is 1. The van der Waals surface area contributed by atoms with Gasteiger partial charge in [0.25, 0.3) is 0 Å². The monoisotopic (exact) mass is 333 g/mol. The first-order valence-electron chi connectivity index (χ1n) is 8.24. The normalized spacial score (nSPS) is 16.2. The van der Waals surface area contributed by atoms with E-state index in [1.807, 2.05) is 36.4 Å². The highest BCUT2D eigenvalue weighted by molar-refractivity contribution is 6.06. The summed E-state index contributed by atoms with van der Waals surface area (Å²) in [5, 5.41) is 5.23. The molecule has 4 nitrogen and oxygen atoms in total. The SMILES string of the molecule is COc1ccc([C@@H]2CC(=O)Nc3c2ccc2ccccc32)c(OC)c1. The summed E-state index contributed by atoms with van der Waals surface area (Å²) in [5.74, 6) is 1.44. The number of amides is 1. The molecule has 1 aliphatic heterocycles. The van der Waals surface area contributed by atoms with Crippen molar-refractivity contribution in [3.63, 3.8) is 0 Å². The van der Waals surface area contributed by atoms with Gasteiger partial charge in [-0.05, 0) is 17.0 Å². The third-order valence-electron chi connectivity index (χ3n) is 4.81. The average molecular weight is 333 g/mol. The minimum atomic E-state index is -0.0470. The first kappa shape index (κ1) is 15.5. The lowest BCUT2D eigenvalue weighted by molar-refractivity contribution is -0.116. The van der Waals surface area contributed by atoms with Crippen LogP contribution in [0.25, 0.3) is 10.8 Å². The number of benzene rings is 3. The van der Waals surface area contributed by atoms with Crippen molar-refractivity contribution in [1.82, 2.24) is 0 Å². The highest BCUT2D eigenvalue weighted by atomic mass is 16.5. The van der Waals surface area contributed by atoms with Gasteiger partial charge in [0.05, 0.1) is 19.9 Å². The number of nitrogens with one attached hydrogen (secondary N) is 1. The molecule has 1 heterocycles. The Morgan fingerprint density at radius 3 is 2.56 bits per heavy atom. The summed E-state index contributed by atoms with van der Waals surface area (Å²) < 4.78 is 10.9. The number of carbonyl (C=O) groups is 1. The van der Waals surface area contributed by atoms with Crippen LogP contribution in [0.2, 0.25) is 0 Å². The van der Waals surface area contributed by atoms with E-state index >= 15 is 0 Å². The van der Waals surface area contributed by atoms with Crippen LogP contribution in [-0.2, 0) is 4.79 Å². The molecule has 3 aromatic rings. The number of carbonyl (C=O) groups excluding carboxylic acids is 1. The molecule has 0 aromatic heterocycles. The second-order valence-corrected chi connectivity index (χ2v) is 6.16. The van der Waals surface area contributed by atoms with Crippen LogP contribution >= 0.6 is 0 Å². The Kier molecular flexibility index (Phi) is 3.80. The third-order valence-corrected chi connectivity index (χ3v) is 4.81. The predicted molar refractivity (Wildman–Crippen MR) is 98.6 cm³/mol.